The van der Waals surface area contributed by atoms with Gasteiger partial charge in [-0.3, -0.25) is 14.6 Å². The SMILES string of the molecule is Cc1cc(Nc2nc(C)cc(C)n2)cc(C2CCCN(C(=O)c3ccc(=O)n(C)c3)C2)n1. The maximum absolute atomic E-state index is 13.0. The summed E-state index contributed by atoms with van der Waals surface area (Å²) in [5.74, 6) is 0.648. The fourth-order valence-corrected chi connectivity index (χ4v) is 4.19. The van der Waals surface area contributed by atoms with Crippen molar-refractivity contribution in [2.45, 2.75) is 39.5 Å². The first kappa shape index (κ1) is 21.7. The van der Waals surface area contributed by atoms with Crippen molar-refractivity contribution in [2.75, 3.05) is 18.4 Å². The lowest BCUT2D eigenvalue weighted by Gasteiger charge is -2.33. The highest BCUT2D eigenvalue weighted by atomic mass is 16.2. The average molecular weight is 433 g/mol. The first-order valence-electron chi connectivity index (χ1n) is 10.8. The summed E-state index contributed by atoms with van der Waals surface area (Å²) in [5.41, 5.74) is 4.95. The molecule has 0 radical (unpaired) electrons. The Morgan fingerprint density at radius 1 is 1.03 bits per heavy atom. The van der Waals surface area contributed by atoms with Crippen molar-refractivity contribution in [3.8, 4) is 0 Å². The lowest BCUT2D eigenvalue weighted by atomic mass is 9.93. The molecule has 3 aromatic rings. The zero-order valence-electron chi connectivity index (χ0n) is 18.9. The second-order valence-electron chi connectivity index (χ2n) is 8.48. The fourth-order valence-electron chi connectivity index (χ4n) is 4.19. The number of carbonyl (C=O) groups is 1. The van der Waals surface area contributed by atoms with Gasteiger partial charge < -0.3 is 14.8 Å². The van der Waals surface area contributed by atoms with E-state index >= 15 is 0 Å². The van der Waals surface area contributed by atoms with E-state index in [1.807, 2.05) is 43.9 Å². The molecule has 1 fully saturated rings. The van der Waals surface area contributed by atoms with Crippen molar-refractivity contribution in [2.24, 2.45) is 7.05 Å². The molecule has 0 aromatic carbocycles. The molecule has 1 aliphatic rings. The summed E-state index contributed by atoms with van der Waals surface area (Å²) >= 11 is 0. The lowest BCUT2D eigenvalue weighted by Crippen LogP contribution is -2.39. The molecule has 0 bridgehead atoms. The van der Waals surface area contributed by atoms with Gasteiger partial charge in [-0.15, -0.1) is 0 Å². The number of hydrogen-bond acceptors (Lipinski definition) is 6. The minimum atomic E-state index is -0.130. The van der Waals surface area contributed by atoms with Crippen molar-refractivity contribution in [3.63, 3.8) is 0 Å². The molecule has 1 atom stereocenters. The largest absolute Gasteiger partial charge is 0.338 e. The van der Waals surface area contributed by atoms with Gasteiger partial charge in [-0.1, -0.05) is 0 Å². The molecular weight excluding hydrogens is 404 g/mol. The Balaban J connectivity index is 1.54. The summed E-state index contributed by atoms with van der Waals surface area (Å²) in [7, 11) is 1.66. The van der Waals surface area contributed by atoms with E-state index in [0.29, 0.717) is 24.6 Å². The molecule has 3 aromatic heterocycles. The van der Waals surface area contributed by atoms with Gasteiger partial charge in [0.05, 0.1) is 5.56 Å². The normalized spacial score (nSPS) is 16.1. The Morgan fingerprint density at radius 3 is 2.47 bits per heavy atom. The molecule has 4 heterocycles. The van der Waals surface area contributed by atoms with Crippen LogP contribution in [0.2, 0.25) is 0 Å². The summed E-state index contributed by atoms with van der Waals surface area (Å²) in [4.78, 5) is 40.2. The molecule has 0 aliphatic carbocycles. The number of rotatable bonds is 4. The number of hydrogen-bond donors (Lipinski definition) is 1. The molecule has 1 N–H and O–H groups in total. The van der Waals surface area contributed by atoms with Gasteiger partial charge in [-0.25, -0.2) is 9.97 Å². The number of pyridine rings is 2. The Hall–Kier alpha value is -3.55. The van der Waals surface area contributed by atoms with Gasteiger partial charge in [0.2, 0.25) is 11.5 Å². The number of nitrogens with one attached hydrogen (secondary N) is 1. The van der Waals surface area contributed by atoms with Crippen LogP contribution in [0.5, 0.6) is 0 Å². The molecule has 0 saturated carbocycles. The van der Waals surface area contributed by atoms with Gasteiger partial charge in [0.15, 0.2) is 0 Å². The van der Waals surface area contributed by atoms with Crippen LogP contribution in [0.1, 0.15) is 51.9 Å². The van der Waals surface area contributed by atoms with Crippen LogP contribution in [0, 0.1) is 20.8 Å². The summed E-state index contributed by atoms with van der Waals surface area (Å²) in [5, 5.41) is 3.30. The number of anilines is 2. The molecule has 1 amide bonds. The van der Waals surface area contributed by atoms with Crippen LogP contribution in [0.4, 0.5) is 11.6 Å². The van der Waals surface area contributed by atoms with Crippen LogP contribution in [-0.2, 0) is 7.05 Å². The van der Waals surface area contributed by atoms with Gasteiger partial charge in [0.25, 0.3) is 5.91 Å². The third-order valence-corrected chi connectivity index (χ3v) is 5.67. The Kier molecular flexibility index (Phi) is 6.03. The van der Waals surface area contributed by atoms with Crippen molar-refractivity contribution in [1.82, 2.24) is 24.4 Å². The smallest absolute Gasteiger partial charge is 0.255 e. The van der Waals surface area contributed by atoms with Crippen LogP contribution in [0.3, 0.4) is 0 Å². The minimum Gasteiger partial charge on any atom is -0.338 e. The topological polar surface area (TPSA) is 93.0 Å². The third-order valence-electron chi connectivity index (χ3n) is 5.67. The molecule has 8 nitrogen and oxygen atoms in total. The van der Waals surface area contributed by atoms with E-state index in [2.05, 4.69) is 15.3 Å². The molecule has 1 saturated heterocycles. The lowest BCUT2D eigenvalue weighted by molar-refractivity contribution is 0.0705. The highest BCUT2D eigenvalue weighted by molar-refractivity contribution is 5.94. The number of aryl methyl sites for hydroxylation is 4. The molecule has 32 heavy (non-hydrogen) atoms. The standard InChI is InChI=1S/C24H28N6O2/c1-15-10-16(2)27-24(26-15)28-20-11-17(3)25-21(12-20)18-6-5-9-30(14-18)23(32)19-7-8-22(31)29(4)13-19/h7-8,10-13,18H,5-6,9,14H2,1-4H3,(H,25,26,27,28). The van der Waals surface area contributed by atoms with E-state index in [4.69, 9.17) is 4.98 Å². The van der Waals surface area contributed by atoms with Crippen LogP contribution in [0.25, 0.3) is 0 Å². The number of carbonyl (C=O) groups excluding carboxylic acids is 1. The fraction of sp³-hybridized carbons (Fsp3) is 0.375. The van der Waals surface area contributed by atoms with E-state index in [1.165, 1.54) is 10.6 Å². The zero-order chi connectivity index (χ0) is 22.8. The monoisotopic (exact) mass is 432 g/mol. The molecular formula is C24H28N6O2. The number of likely N-dealkylation sites (tertiary alicyclic amines) is 1. The van der Waals surface area contributed by atoms with E-state index < -0.39 is 0 Å². The Labute approximate surface area is 187 Å². The number of piperidine rings is 1. The molecule has 0 spiro atoms. The summed E-state index contributed by atoms with van der Waals surface area (Å²) < 4.78 is 1.43. The Bertz CT molecular complexity index is 1200. The van der Waals surface area contributed by atoms with Gasteiger partial charge >= 0.3 is 0 Å². The summed E-state index contributed by atoms with van der Waals surface area (Å²) in [6.07, 6.45) is 3.47. The summed E-state index contributed by atoms with van der Waals surface area (Å²) in [6.45, 7) is 7.15. The first-order valence-corrected chi connectivity index (χ1v) is 10.8. The average Bonchev–Trinajstić information content (AvgIpc) is 2.74. The van der Waals surface area contributed by atoms with E-state index in [1.54, 1.807) is 19.3 Å². The molecule has 1 aliphatic heterocycles. The number of amides is 1. The zero-order valence-corrected chi connectivity index (χ0v) is 18.9. The van der Waals surface area contributed by atoms with E-state index in [0.717, 1.165) is 41.3 Å². The van der Waals surface area contributed by atoms with Crippen molar-refractivity contribution < 1.29 is 4.79 Å². The van der Waals surface area contributed by atoms with E-state index in [-0.39, 0.29) is 17.4 Å². The molecule has 166 valence electrons. The van der Waals surface area contributed by atoms with E-state index in [9.17, 15) is 9.59 Å². The molecule has 1 unspecified atom stereocenters. The van der Waals surface area contributed by atoms with Gasteiger partial charge in [-0.2, -0.15) is 0 Å². The van der Waals surface area contributed by atoms with Gasteiger partial charge in [-0.05, 0) is 57.9 Å². The predicted molar refractivity (Wildman–Crippen MR) is 123 cm³/mol. The van der Waals surface area contributed by atoms with Crippen molar-refractivity contribution >= 4 is 17.5 Å². The summed E-state index contributed by atoms with van der Waals surface area (Å²) in [6, 6.07) is 8.97. The maximum Gasteiger partial charge on any atom is 0.255 e. The first-order chi connectivity index (χ1) is 15.3. The quantitative estimate of drug-likeness (QED) is 0.680. The predicted octanol–water partition coefficient (Wildman–Crippen LogP) is 3.26. The third kappa shape index (κ3) is 4.85. The van der Waals surface area contributed by atoms with Crippen molar-refractivity contribution in [1.29, 1.82) is 0 Å². The highest BCUT2D eigenvalue weighted by Gasteiger charge is 2.27. The highest BCUT2D eigenvalue weighted by Crippen LogP contribution is 2.29. The second kappa shape index (κ2) is 8.90. The van der Waals surface area contributed by atoms with Crippen LogP contribution in [-0.4, -0.2) is 43.4 Å². The van der Waals surface area contributed by atoms with Gasteiger partial charge in [0.1, 0.15) is 0 Å². The molecule has 4 rings (SSSR count). The van der Waals surface area contributed by atoms with Crippen LogP contribution < -0.4 is 10.9 Å². The molecule has 8 heteroatoms. The van der Waals surface area contributed by atoms with Gasteiger partial charge in [0, 0.05) is 66.8 Å². The minimum absolute atomic E-state index is 0.0556. The number of nitrogens with zero attached hydrogens (tertiary/aromatic N) is 5. The second-order valence-corrected chi connectivity index (χ2v) is 8.48. The Morgan fingerprint density at radius 2 is 1.75 bits per heavy atom. The van der Waals surface area contributed by atoms with Crippen LogP contribution in [0.15, 0.2) is 41.3 Å². The van der Waals surface area contributed by atoms with Crippen LogP contribution >= 0.6 is 0 Å². The number of aromatic nitrogens is 4. The van der Waals surface area contributed by atoms with Crippen molar-refractivity contribution in [3.05, 3.63) is 75.2 Å². The maximum atomic E-state index is 13.0.